The number of ether oxygens (including phenoxy) is 2. The van der Waals surface area contributed by atoms with Gasteiger partial charge >= 0.3 is 21.3 Å². The van der Waals surface area contributed by atoms with Crippen molar-refractivity contribution < 1.29 is 44.1 Å². The van der Waals surface area contributed by atoms with Crippen LogP contribution in [0.5, 0.6) is 5.75 Å². The smallest absolute Gasteiger partial charge is 0.469 e. The Labute approximate surface area is 156 Å². The van der Waals surface area contributed by atoms with Crippen molar-refractivity contribution in [1.82, 2.24) is 0 Å². The number of rotatable bonds is 6. The molecule has 0 aromatic carbocycles. The van der Waals surface area contributed by atoms with Crippen LogP contribution in [0.15, 0.2) is 38.1 Å². The SMILES string of the molecule is Cc1cc(OS(=O)(=O)C(F)(F)F)c(C2(CCc3ccco3)OCCO2)c(=O)o1. The van der Waals surface area contributed by atoms with Gasteiger partial charge in [0.2, 0.25) is 5.79 Å². The summed E-state index contributed by atoms with van der Waals surface area (Å²) in [4.78, 5) is 12.4. The molecule has 3 rings (SSSR count). The Balaban J connectivity index is 2.06. The first-order chi connectivity index (χ1) is 13.0. The second-order valence-corrected chi connectivity index (χ2v) is 7.43. The zero-order valence-corrected chi connectivity index (χ0v) is 15.3. The van der Waals surface area contributed by atoms with Crippen LogP contribution in [-0.2, 0) is 31.8 Å². The molecule has 1 saturated heterocycles. The van der Waals surface area contributed by atoms with Crippen molar-refractivity contribution in [3.05, 3.63) is 52.0 Å². The maximum atomic E-state index is 12.8. The molecule has 0 aliphatic carbocycles. The van der Waals surface area contributed by atoms with Crippen LogP contribution in [0, 0.1) is 6.92 Å². The zero-order chi connectivity index (χ0) is 20.6. The molecule has 0 saturated carbocycles. The second kappa shape index (κ2) is 7.26. The van der Waals surface area contributed by atoms with E-state index in [-0.39, 0.29) is 31.8 Å². The normalized spacial score (nSPS) is 17.0. The van der Waals surface area contributed by atoms with Crippen LogP contribution in [0.3, 0.4) is 0 Å². The van der Waals surface area contributed by atoms with Gasteiger partial charge < -0.3 is 22.5 Å². The number of hydrogen-bond donors (Lipinski definition) is 0. The molecule has 0 atom stereocenters. The minimum absolute atomic E-state index is 0.0247. The van der Waals surface area contributed by atoms with E-state index in [1.54, 1.807) is 12.1 Å². The fourth-order valence-electron chi connectivity index (χ4n) is 2.77. The van der Waals surface area contributed by atoms with E-state index >= 15 is 0 Å². The van der Waals surface area contributed by atoms with E-state index in [1.165, 1.54) is 13.2 Å². The average Bonchev–Trinajstić information content (AvgIpc) is 3.23. The number of halogens is 3. The number of hydrogen-bond acceptors (Lipinski definition) is 8. The number of furan rings is 1. The van der Waals surface area contributed by atoms with Crippen LogP contribution in [0.4, 0.5) is 13.2 Å². The predicted molar refractivity (Wildman–Crippen MR) is 85.9 cm³/mol. The quantitative estimate of drug-likeness (QED) is 0.515. The third-order valence-electron chi connectivity index (χ3n) is 3.94. The summed E-state index contributed by atoms with van der Waals surface area (Å²) in [6.07, 6.45) is 1.55. The fourth-order valence-corrected chi connectivity index (χ4v) is 3.23. The summed E-state index contributed by atoms with van der Waals surface area (Å²) in [7, 11) is -6.03. The molecule has 0 bridgehead atoms. The topological polar surface area (TPSA) is 105 Å². The fraction of sp³-hybridized carbons (Fsp3) is 0.438. The maximum absolute atomic E-state index is 12.8. The Morgan fingerprint density at radius 1 is 1.25 bits per heavy atom. The Hall–Kier alpha value is -2.31. The minimum atomic E-state index is -6.03. The summed E-state index contributed by atoms with van der Waals surface area (Å²) in [5.41, 5.74) is -7.42. The third kappa shape index (κ3) is 3.93. The number of alkyl halides is 3. The van der Waals surface area contributed by atoms with Gasteiger partial charge in [0.1, 0.15) is 17.1 Å². The zero-order valence-electron chi connectivity index (χ0n) is 14.4. The van der Waals surface area contributed by atoms with Crippen molar-refractivity contribution in [2.24, 2.45) is 0 Å². The van der Waals surface area contributed by atoms with Gasteiger partial charge in [0.05, 0.1) is 19.5 Å². The molecular formula is C16H15F3O8S. The van der Waals surface area contributed by atoms with E-state index in [1.807, 2.05) is 0 Å². The standard InChI is InChI=1S/C16H15F3O8S/c1-10-9-12(27-28(21,22)16(17,18)19)13(14(20)26-10)15(24-7-8-25-15)5-4-11-3-2-6-23-11/h2-3,6,9H,4-5,7-8H2,1H3. The van der Waals surface area contributed by atoms with Crippen LogP contribution in [-0.4, -0.2) is 27.1 Å². The summed E-state index contributed by atoms with van der Waals surface area (Å²) < 4.78 is 86.6. The van der Waals surface area contributed by atoms with Gasteiger partial charge in [-0.25, -0.2) is 4.79 Å². The van der Waals surface area contributed by atoms with Gasteiger partial charge in [0.15, 0.2) is 5.75 Å². The molecule has 0 amide bonds. The highest BCUT2D eigenvalue weighted by Gasteiger charge is 2.51. The summed E-state index contributed by atoms with van der Waals surface area (Å²) in [5.74, 6) is -2.37. The van der Waals surface area contributed by atoms with E-state index in [2.05, 4.69) is 4.18 Å². The van der Waals surface area contributed by atoms with Crippen molar-refractivity contribution in [2.45, 2.75) is 31.1 Å². The molecule has 28 heavy (non-hydrogen) atoms. The predicted octanol–water partition coefficient (Wildman–Crippen LogP) is 2.60. The molecule has 2 aromatic heterocycles. The molecule has 12 heteroatoms. The lowest BCUT2D eigenvalue weighted by molar-refractivity contribution is -0.173. The molecule has 0 radical (unpaired) electrons. The summed E-state index contributed by atoms with van der Waals surface area (Å²) in [5, 5.41) is 0. The Morgan fingerprint density at radius 2 is 1.93 bits per heavy atom. The number of aryl methyl sites for hydroxylation is 2. The molecule has 1 aliphatic heterocycles. The lowest BCUT2D eigenvalue weighted by atomic mass is 10.0. The second-order valence-electron chi connectivity index (χ2n) is 5.90. The van der Waals surface area contributed by atoms with E-state index in [0.29, 0.717) is 5.76 Å². The molecule has 1 aliphatic rings. The Bertz CT molecular complexity index is 986. The molecule has 3 heterocycles. The Kier molecular flexibility index (Phi) is 5.30. The van der Waals surface area contributed by atoms with Crippen LogP contribution in [0.2, 0.25) is 0 Å². The summed E-state index contributed by atoms with van der Waals surface area (Å²) in [6, 6.07) is 4.13. The first-order valence-corrected chi connectivity index (χ1v) is 9.41. The Morgan fingerprint density at radius 3 is 2.50 bits per heavy atom. The molecule has 8 nitrogen and oxygen atoms in total. The highest BCUT2D eigenvalue weighted by Crippen LogP contribution is 2.40. The maximum Gasteiger partial charge on any atom is 0.534 e. The van der Waals surface area contributed by atoms with Gasteiger partial charge in [-0.3, -0.25) is 0 Å². The lowest BCUT2D eigenvalue weighted by Crippen LogP contribution is -2.36. The van der Waals surface area contributed by atoms with E-state index in [9.17, 15) is 26.4 Å². The first-order valence-electron chi connectivity index (χ1n) is 8.00. The van der Waals surface area contributed by atoms with Gasteiger partial charge in [-0.1, -0.05) is 0 Å². The van der Waals surface area contributed by atoms with Gasteiger partial charge in [0.25, 0.3) is 0 Å². The summed E-state index contributed by atoms with van der Waals surface area (Å²) in [6.45, 7) is 1.30. The highest BCUT2D eigenvalue weighted by atomic mass is 32.2. The van der Waals surface area contributed by atoms with Crippen LogP contribution >= 0.6 is 0 Å². The lowest BCUT2D eigenvalue weighted by Gasteiger charge is -2.27. The largest absolute Gasteiger partial charge is 0.534 e. The molecule has 2 aromatic rings. The summed E-state index contributed by atoms with van der Waals surface area (Å²) >= 11 is 0. The monoisotopic (exact) mass is 424 g/mol. The van der Waals surface area contributed by atoms with Crippen molar-refractivity contribution >= 4 is 10.1 Å². The molecule has 0 N–H and O–H groups in total. The van der Waals surface area contributed by atoms with Crippen molar-refractivity contribution in [3.8, 4) is 5.75 Å². The third-order valence-corrected chi connectivity index (χ3v) is 4.90. The van der Waals surface area contributed by atoms with Gasteiger partial charge in [-0.05, 0) is 19.1 Å². The van der Waals surface area contributed by atoms with Crippen molar-refractivity contribution in [3.63, 3.8) is 0 Å². The highest BCUT2D eigenvalue weighted by molar-refractivity contribution is 7.88. The van der Waals surface area contributed by atoms with Crippen molar-refractivity contribution in [1.29, 1.82) is 0 Å². The van der Waals surface area contributed by atoms with Crippen LogP contribution in [0.25, 0.3) is 0 Å². The van der Waals surface area contributed by atoms with Crippen LogP contribution < -0.4 is 9.81 Å². The molecule has 154 valence electrons. The van der Waals surface area contributed by atoms with Crippen molar-refractivity contribution in [2.75, 3.05) is 13.2 Å². The minimum Gasteiger partial charge on any atom is -0.469 e. The van der Waals surface area contributed by atoms with Gasteiger partial charge in [0, 0.05) is 18.9 Å². The molecule has 0 unspecified atom stereocenters. The molecular weight excluding hydrogens is 409 g/mol. The van der Waals surface area contributed by atoms with E-state index in [4.69, 9.17) is 18.3 Å². The van der Waals surface area contributed by atoms with Gasteiger partial charge in [-0.2, -0.15) is 21.6 Å². The molecule has 0 spiro atoms. The molecule has 1 fully saturated rings. The van der Waals surface area contributed by atoms with E-state index in [0.717, 1.165) is 6.07 Å². The van der Waals surface area contributed by atoms with Crippen LogP contribution in [0.1, 0.15) is 23.5 Å². The van der Waals surface area contributed by atoms with E-state index < -0.39 is 38.4 Å². The first kappa shape index (κ1) is 20.4. The average molecular weight is 424 g/mol. The van der Waals surface area contributed by atoms with Gasteiger partial charge in [-0.15, -0.1) is 0 Å².